The Labute approximate surface area is 139 Å². The van der Waals surface area contributed by atoms with Crippen molar-refractivity contribution in [3.63, 3.8) is 0 Å². The van der Waals surface area contributed by atoms with Gasteiger partial charge in [-0.1, -0.05) is 40.0 Å². The molecule has 1 N–H and O–H groups in total. The predicted molar refractivity (Wildman–Crippen MR) is 95.4 cm³/mol. The number of halogens is 1. The van der Waals surface area contributed by atoms with Crippen LogP contribution in [0.25, 0.3) is 0 Å². The van der Waals surface area contributed by atoms with Crippen LogP contribution in [0.4, 0.5) is 5.69 Å². The molecular weight excluding hydrogens is 302 g/mol. The van der Waals surface area contributed by atoms with E-state index < -0.39 is 0 Å². The lowest BCUT2D eigenvalue weighted by Crippen LogP contribution is -2.40. The van der Waals surface area contributed by atoms with E-state index in [1.165, 1.54) is 23.8 Å². The Morgan fingerprint density at radius 1 is 0.955 bits per heavy atom. The second-order valence-corrected chi connectivity index (χ2v) is 5.46. The highest BCUT2D eigenvalue weighted by molar-refractivity contribution is 5.85. The second-order valence-electron chi connectivity index (χ2n) is 5.46. The molecule has 128 valence electrons. The standard InChI is InChI=1S/C16H29N3O2.ClH/c1-4-7-8-9-10-17-14-13-18(11-5-2)16(21)19(12-6-3)15(14)20;/h13,17H,4-12H2,1-3H3;1H. The van der Waals surface area contributed by atoms with Gasteiger partial charge in [0.15, 0.2) is 0 Å². The van der Waals surface area contributed by atoms with Gasteiger partial charge in [0.25, 0.3) is 5.56 Å². The fourth-order valence-electron chi connectivity index (χ4n) is 2.37. The van der Waals surface area contributed by atoms with Gasteiger partial charge in [-0.15, -0.1) is 12.4 Å². The number of hydrogen-bond acceptors (Lipinski definition) is 3. The first-order valence-electron chi connectivity index (χ1n) is 8.23. The third kappa shape index (κ3) is 5.87. The maximum atomic E-state index is 12.3. The van der Waals surface area contributed by atoms with Gasteiger partial charge in [-0.25, -0.2) is 4.79 Å². The van der Waals surface area contributed by atoms with Crippen molar-refractivity contribution in [2.45, 2.75) is 72.4 Å². The van der Waals surface area contributed by atoms with Crippen LogP contribution in [0.1, 0.15) is 59.3 Å². The Balaban J connectivity index is 0.00000441. The summed E-state index contributed by atoms with van der Waals surface area (Å²) in [5, 5.41) is 3.20. The average molecular weight is 332 g/mol. The predicted octanol–water partition coefficient (Wildman–Crippen LogP) is 3.24. The lowest BCUT2D eigenvalue weighted by atomic mass is 10.2. The third-order valence-electron chi connectivity index (χ3n) is 3.49. The summed E-state index contributed by atoms with van der Waals surface area (Å²) in [4.78, 5) is 24.6. The van der Waals surface area contributed by atoms with E-state index in [1.54, 1.807) is 10.8 Å². The Morgan fingerprint density at radius 3 is 2.23 bits per heavy atom. The quantitative estimate of drug-likeness (QED) is 0.670. The summed E-state index contributed by atoms with van der Waals surface area (Å²) in [5.41, 5.74) is 0.165. The Kier molecular flexibility index (Phi) is 10.7. The molecule has 0 amide bonds. The Hall–Kier alpha value is -1.23. The van der Waals surface area contributed by atoms with Gasteiger partial charge in [0, 0.05) is 25.8 Å². The van der Waals surface area contributed by atoms with Crippen LogP contribution in [0.15, 0.2) is 15.8 Å². The van der Waals surface area contributed by atoms with Crippen LogP contribution in [0.3, 0.4) is 0 Å². The second kappa shape index (κ2) is 11.4. The molecule has 1 aromatic rings. The molecule has 1 heterocycles. The molecule has 6 heteroatoms. The highest BCUT2D eigenvalue weighted by atomic mass is 35.5. The Morgan fingerprint density at radius 2 is 1.64 bits per heavy atom. The van der Waals surface area contributed by atoms with E-state index in [0.717, 1.165) is 25.8 Å². The summed E-state index contributed by atoms with van der Waals surface area (Å²) in [6, 6.07) is 0. The van der Waals surface area contributed by atoms with Crippen LogP contribution < -0.4 is 16.6 Å². The molecule has 0 fully saturated rings. The number of hydrogen-bond donors (Lipinski definition) is 1. The minimum atomic E-state index is -0.194. The normalized spacial score (nSPS) is 10.3. The molecule has 0 bridgehead atoms. The molecule has 0 spiro atoms. The molecule has 0 atom stereocenters. The molecule has 0 aliphatic rings. The van der Waals surface area contributed by atoms with Crippen molar-refractivity contribution >= 4 is 18.1 Å². The van der Waals surface area contributed by atoms with E-state index in [2.05, 4.69) is 12.2 Å². The monoisotopic (exact) mass is 331 g/mol. The number of rotatable bonds is 10. The molecule has 5 nitrogen and oxygen atoms in total. The molecule has 0 saturated heterocycles. The van der Waals surface area contributed by atoms with Gasteiger partial charge < -0.3 is 5.32 Å². The van der Waals surface area contributed by atoms with Crippen molar-refractivity contribution in [3.8, 4) is 0 Å². The number of anilines is 1. The average Bonchev–Trinajstić information content (AvgIpc) is 2.48. The van der Waals surface area contributed by atoms with Crippen LogP contribution >= 0.6 is 12.4 Å². The summed E-state index contributed by atoms with van der Waals surface area (Å²) in [6.07, 6.45) is 7.97. The summed E-state index contributed by atoms with van der Waals surface area (Å²) < 4.78 is 3.00. The van der Waals surface area contributed by atoms with Gasteiger partial charge >= 0.3 is 5.69 Å². The largest absolute Gasteiger partial charge is 0.379 e. The van der Waals surface area contributed by atoms with Crippen molar-refractivity contribution in [1.29, 1.82) is 0 Å². The molecule has 1 rings (SSSR count). The van der Waals surface area contributed by atoms with Crippen molar-refractivity contribution < 1.29 is 0 Å². The molecule has 0 aliphatic heterocycles. The molecule has 1 aromatic heterocycles. The molecular formula is C16H30ClN3O2. The summed E-state index contributed by atoms with van der Waals surface area (Å²) in [7, 11) is 0. The van der Waals surface area contributed by atoms with E-state index in [0.29, 0.717) is 18.8 Å². The fourth-order valence-corrected chi connectivity index (χ4v) is 2.37. The third-order valence-corrected chi connectivity index (χ3v) is 3.49. The molecule has 0 unspecified atom stereocenters. The zero-order valence-corrected chi connectivity index (χ0v) is 14.9. The van der Waals surface area contributed by atoms with E-state index in [1.807, 2.05) is 13.8 Å². The highest BCUT2D eigenvalue weighted by Gasteiger charge is 2.10. The maximum absolute atomic E-state index is 12.3. The summed E-state index contributed by atoms with van der Waals surface area (Å²) in [6.45, 7) is 8.09. The smallest absolute Gasteiger partial charge is 0.331 e. The maximum Gasteiger partial charge on any atom is 0.331 e. The van der Waals surface area contributed by atoms with Crippen molar-refractivity contribution in [3.05, 3.63) is 27.0 Å². The minimum absolute atomic E-state index is 0. The minimum Gasteiger partial charge on any atom is -0.379 e. The lowest BCUT2D eigenvalue weighted by molar-refractivity contribution is 0.541. The SMILES string of the molecule is CCCCCCNc1cn(CCC)c(=O)n(CCC)c1=O.Cl. The summed E-state index contributed by atoms with van der Waals surface area (Å²) in [5.74, 6) is 0. The number of aryl methyl sites for hydroxylation is 1. The molecule has 0 aromatic carbocycles. The van der Waals surface area contributed by atoms with Crippen LogP contribution in [-0.4, -0.2) is 15.7 Å². The van der Waals surface area contributed by atoms with Crippen molar-refractivity contribution in [2.75, 3.05) is 11.9 Å². The first-order chi connectivity index (χ1) is 10.2. The molecule has 0 radical (unpaired) electrons. The van der Waals surface area contributed by atoms with Gasteiger partial charge in [0.2, 0.25) is 0 Å². The topological polar surface area (TPSA) is 56.0 Å². The highest BCUT2D eigenvalue weighted by Crippen LogP contribution is 2.02. The fraction of sp³-hybridized carbons (Fsp3) is 0.750. The van der Waals surface area contributed by atoms with Gasteiger partial charge in [-0.3, -0.25) is 13.9 Å². The number of aromatic nitrogens is 2. The number of nitrogens with zero attached hydrogens (tertiary/aromatic N) is 2. The first kappa shape index (κ1) is 20.8. The van der Waals surface area contributed by atoms with E-state index in [4.69, 9.17) is 0 Å². The van der Waals surface area contributed by atoms with Crippen molar-refractivity contribution in [1.82, 2.24) is 9.13 Å². The lowest BCUT2D eigenvalue weighted by Gasteiger charge is -2.13. The van der Waals surface area contributed by atoms with Gasteiger partial charge in [-0.2, -0.15) is 0 Å². The zero-order chi connectivity index (χ0) is 15.7. The first-order valence-corrected chi connectivity index (χ1v) is 8.23. The molecule has 0 aliphatic carbocycles. The van der Waals surface area contributed by atoms with Gasteiger partial charge in [0.1, 0.15) is 5.69 Å². The van der Waals surface area contributed by atoms with E-state index in [-0.39, 0.29) is 23.7 Å². The zero-order valence-electron chi connectivity index (χ0n) is 14.1. The van der Waals surface area contributed by atoms with Crippen LogP contribution in [0.5, 0.6) is 0 Å². The van der Waals surface area contributed by atoms with E-state index in [9.17, 15) is 9.59 Å². The summed E-state index contributed by atoms with van der Waals surface area (Å²) >= 11 is 0. The van der Waals surface area contributed by atoms with Crippen molar-refractivity contribution in [2.24, 2.45) is 0 Å². The molecule has 22 heavy (non-hydrogen) atoms. The van der Waals surface area contributed by atoms with Gasteiger partial charge in [0.05, 0.1) is 0 Å². The van der Waals surface area contributed by atoms with Crippen LogP contribution in [0.2, 0.25) is 0 Å². The molecule has 0 saturated carbocycles. The van der Waals surface area contributed by atoms with Gasteiger partial charge in [-0.05, 0) is 19.3 Å². The van der Waals surface area contributed by atoms with Crippen LogP contribution in [0, 0.1) is 0 Å². The number of nitrogens with one attached hydrogen (secondary N) is 1. The number of unbranched alkanes of at least 4 members (excludes halogenated alkanes) is 3. The Bertz CT molecular complexity index is 537. The van der Waals surface area contributed by atoms with Crippen LogP contribution in [-0.2, 0) is 13.1 Å². The van der Waals surface area contributed by atoms with E-state index >= 15 is 0 Å².